The number of hydrogen-bond acceptors (Lipinski definition) is 3. The number of hydrogen-bond donors (Lipinski definition) is 1. The number of rotatable bonds is 4. The van der Waals surface area contributed by atoms with Gasteiger partial charge in [0.15, 0.2) is 0 Å². The molecular weight excluding hydrogens is 228 g/mol. The van der Waals surface area contributed by atoms with Gasteiger partial charge in [-0.25, -0.2) is 4.98 Å². The third-order valence-corrected chi connectivity index (χ3v) is 4.69. The van der Waals surface area contributed by atoms with Crippen LogP contribution in [0.2, 0.25) is 0 Å². The Morgan fingerprint density at radius 2 is 2.00 bits per heavy atom. The van der Waals surface area contributed by atoms with Crippen molar-refractivity contribution in [2.45, 2.75) is 59.0 Å². The van der Waals surface area contributed by atoms with Crippen LogP contribution in [0.15, 0.2) is 5.38 Å². The van der Waals surface area contributed by atoms with Crippen LogP contribution < -0.4 is 5.32 Å². The lowest BCUT2D eigenvalue weighted by Gasteiger charge is -2.31. The Labute approximate surface area is 109 Å². The summed E-state index contributed by atoms with van der Waals surface area (Å²) in [6.45, 7) is 7.87. The molecule has 1 heterocycles. The van der Waals surface area contributed by atoms with Crippen molar-refractivity contribution in [2.24, 2.45) is 11.8 Å². The lowest BCUT2D eigenvalue weighted by molar-refractivity contribution is 0.238. The highest BCUT2D eigenvalue weighted by Gasteiger charge is 2.23. The number of nitrogens with zero attached hydrogens (tertiary/aromatic N) is 1. The Kier molecular flexibility index (Phi) is 4.57. The van der Waals surface area contributed by atoms with Crippen LogP contribution >= 0.6 is 11.3 Å². The van der Waals surface area contributed by atoms with Crippen LogP contribution in [0.4, 0.5) is 0 Å². The van der Waals surface area contributed by atoms with E-state index >= 15 is 0 Å². The Hall–Kier alpha value is -0.410. The van der Waals surface area contributed by atoms with Gasteiger partial charge in [-0.15, -0.1) is 11.3 Å². The van der Waals surface area contributed by atoms with Crippen LogP contribution in [0.5, 0.6) is 0 Å². The molecule has 1 N–H and O–H groups in total. The smallest absolute Gasteiger partial charge is 0.0926 e. The van der Waals surface area contributed by atoms with Crippen molar-refractivity contribution in [3.8, 4) is 0 Å². The van der Waals surface area contributed by atoms with Gasteiger partial charge in [0.1, 0.15) is 0 Å². The molecule has 2 atom stereocenters. The Morgan fingerprint density at radius 1 is 1.29 bits per heavy atom. The predicted molar refractivity (Wildman–Crippen MR) is 74.3 cm³/mol. The topological polar surface area (TPSA) is 24.9 Å². The molecule has 17 heavy (non-hydrogen) atoms. The van der Waals surface area contributed by atoms with Gasteiger partial charge < -0.3 is 5.32 Å². The molecule has 2 nitrogen and oxygen atoms in total. The molecule has 0 saturated heterocycles. The summed E-state index contributed by atoms with van der Waals surface area (Å²) in [5, 5.41) is 7.13. The van der Waals surface area contributed by atoms with Crippen LogP contribution in [-0.2, 0) is 13.0 Å². The van der Waals surface area contributed by atoms with Gasteiger partial charge in [0.05, 0.1) is 10.7 Å². The van der Waals surface area contributed by atoms with E-state index in [9.17, 15) is 0 Å². The van der Waals surface area contributed by atoms with Crippen LogP contribution in [0.1, 0.15) is 50.7 Å². The first-order chi connectivity index (χ1) is 8.17. The molecule has 0 spiro atoms. The predicted octanol–water partition coefficient (Wildman–Crippen LogP) is 3.62. The number of thiazole rings is 1. The van der Waals surface area contributed by atoms with Crippen molar-refractivity contribution in [1.29, 1.82) is 0 Å². The summed E-state index contributed by atoms with van der Waals surface area (Å²) in [4.78, 5) is 4.61. The normalized spacial score (nSPS) is 29.5. The first-order valence-electron chi connectivity index (χ1n) is 6.84. The van der Waals surface area contributed by atoms with Crippen LogP contribution in [-0.4, -0.2) is 11.0 Å². The van der Waals surface area contributed by atoms with Gasteiger partial charge in [-0.05, 0) is 37.5 Å². The SMILES string of the molecule is CCc1nc(CNC2CC(C)CC(C)C2)cs1. The molecule has 3 heteroatoms. The van der Waals surface area contributed by atoms with Gasteiger partial charge >= 0.3 is 0 Å². The molecule has 1 saturated carbocycles. The summed E-state index contributed by atoms with van der Waals surface area (Å²) in [6.07, 6.45) is 5.11. The Balaban J connectivity index is 1.81. The number of aryl methyl sites for hydroxylation is 1. The van der Waals surface area contributed by atoms with E-state index in [1.165, 1.54) is 30.0 Å². The summed E-state index contributed by atoms with van der Waals surface area (Å²) >= 11 is 1.79. The van der Waals surface area contributed by atoms with E-state index in [1.54, 1.807) is 11.3 Å². The summed E-state index contributed by atoms with van der Waals surface area (Å²) in [7, 11) is 0. The minimum Gasteiger partial charge on any atom is -0.308 e. The molecule has 96 valence electrons. The van der Waals surface area contributed by atoms with Crippen LogP contribution in [0.3, 0.4) is 0 Å². The second kappa shape index (κ2) is 5.96. The molecule has 1 fully saturated rings. The maximum Gasteiger partial charge on any atom is 0.0926 e. The first kappa shape index (κ1) is 13.0. The second-order valence-corrected chi connectivity index (χ2v) is 6.52. The van der Waals surface area contributed by atoms with Gasteiger partial charge in [0.2, 0.25) is 0 Å². The first-order valence-corrected chi connectivity index (χ1v) is 7.72. The second-order valence-electron chi connectivity index (χ2n) is 5.58. The minimum atomic E-state index is 0.695. The largest absolute Gasteiger partial charge is 0.308 e. The summed E-state index contributed by atoms with van der Waals surface area (Å²) in [6, 6.07) is 0.695. The summed E-state index contributed by atoms with van der Waals surface area (Å²) in [5.41, 5.74) is 1.22. The molecule has 0 aromatic carbocycles. The average Bonchev–Trinajstić information content (AvgIpc) is 2.73. The fourth-order valence-electron chi connectivity index (χ4n) is 2.96. The molecule has 2 rings (SSSR count). The molecule has 0 amide bonds. The third kappa shape index (κ3) is 3.78. The maximum atomic E-state index is 4.61. The molecule has 0 radical (unpaired) electrons. The van der Waals surface area contributed by atoms with Gasteiger partial charge in [-0.3, -0.25) is 0 Å². The van der Waals surface area contributed by atoms with Crippen molar-refractivity contribution < 1.29 is 0 Å². The Bertz CT molecular complexity index is 338. The van der Waals surface area contributed by atoms with Crippen molar-refractivity contribution in [1.82, 2.24) is 10.3 Å². The van der Waals surface area contributed by atoms with Crippen molar-refractivity contribution in [3.63, 3.8) is 0 Å². The zero-order chi connectivity index (χ0) is 12.3. The van der Waals surface area contributed by atoms with Gasteiger partial charge in [0.25, 0.3) is 0 Å². The number of aromatic nitrogens is 1. The average molecular weight is 252 g/mol. The highest BCUT2D eigenvalue weighted by atomic mass is 32.1. The highest BCUT2D eigenvalue weighted by Crippen LogP contribution is 2.28. The monoisotopic (exact) mass is 252 g/mol. The van der Waals surface area contributed by atoms with E-state index < -0.39 is 0 Å². The van der Waals surface area contributed by atoms with E-state index in [1.807, 2.05) is 0 Å². The minimum absolute atomic E-state index is 0.695. The van der Waals surface area contributed by atoms with E-state index in [0.717, 1.165) is 24.8 Å². The molecule has 2 unspecified atom stereocenters. The summed E-state index contributed by atoms with van der Waals surface area (Å²) in [5.74, 6) is 1.75. The summed E-state index contributed by atoms with van der Waals surface area (Å²) < 4.78 is 0. The van der Waals surface area contributed by atoms with E-state index in [-0.39, 0.29) is 0 Å². The fourth-order valence-corrected chi connectivity index (χ4v) is 3.70. The fraction of sp³-hybridized carbons (Fsp3) is 0.786. The molecule has 1 aliphatic rings. The molecule has 0 bridgehead atoms. The lowest BCUT2D eigenvalue weighted by atomic mass is 9.80. The van der Waals surface area contributed by atoms with Crippen molar-refractivity contribution >= 4 is 11.3 Å². The molecule has 1 aromatic rings. The standard InChI is InChI=1S/C14H24N2S/c1-4-14-16-13(9-17-14)8-15-12-6-10(2)5-11(3)7-12/h9-12,15H,4-8H2,1-3H3. The highest BCUT2D eigenvalue weighted by molar-refractivity contribution is 7.09. The lowest BCUT2D eigenvalue weighted by Crippen LogP contribution is -2.35. The van der Waals surface area contributed by atoms with Crippen molar-refractivity contribution in [3.05, 3.63) is 16.1 Å². The molecule has 1 aliphatic carbocycles. The molecular formula is C14H24N2S. The van der Waals surface area contributed by atoms with Crippen molar-refractivity contribution in [2.75, 3.05) is 0 Å². The van der Waals surface area contributed by atoms with Crippen LogP contribution in [0, 0.1) is 11.8 Å². The van der Waals surface area contributed by atoms with E-state index in [0.29, 0.717) is 6.04 Å². The molecule has 0 aliphatic heterocycles. The van der Waals surface area contributed by atoms with E-state index in [4.69, 9.17) is 0 Å². The maximum absolute atomic E-state index is 4.61. The quantitative estimate of drug-likeness (QED) is 0.885. The molecule has 1 aromatic heterocycles. The van der Waals surface area contributed by atoms with Crippen LogP contribution in [0.25, 0.3) is 0 Å². The zero-order valence-electron chi connectivity index (χ0n) is 11.2. The van der Waals surface area contributed by atoms with E-state index in [2.05, 4.69) is 36.5 Å². The zero-order valence-corrected chi connectivity index (χ0v) is 12.0. The number of nitrogens with one attached hydrogen (secondary N) is 1. The Morgan fingerprint density at radius 3 is 2.59 bits per heavy atom. The van der Waals surface area contributed by atoms with Gasteiger partial charge in [0, 0.05) is 18.0 Å². The van der Waals surface area contributed by atoms with Gasteiger partial charge in [-0.2, -0.15) is 0 Å². The third-order valence-electron chi connectivity index (χ3n) is 3.65. The van der Waals surface area contributed by atoms with Gasteiger partial charge in [-0.1, -0.05) is 20.8 Å².